The summed E-state index contributed by atoms with van der Waals surface area (Å²) in [5.74, 6) is 0.542. The van der Waals surface area contributed by atoms with Gasteiger partial charge in [0, 0.05) is 11.6 Å². The predicted molar refractivity (Wildman–Crippen MR) is 60.9 cm³/mol. The van der Waals surface area contributed by atoms with Crippen LogP contribution in [0.3, 0.4) is 0 Å². The molecule has 0 N–H and O–H groups in total. The minimum atomic E-state index is 0.542. The summed E-state index contributed by atoms with van der Waals surface area (Å²) >= 11 is 8.97. The van der Waals surface area contributed by atoms with E-state index in [4.69, 9.17) is 16.3 Å². The third kappa shape index (κ3) is 2.97. The fourth-order valence-corrected chi connectivity index (χ4v) is 1.59. The highest BCUT2D eigenvalue weighted by Gasteiger charge is 2.07. The summed E-state index contributed by atoms with van der Waals surface area (Å²) in [6, 6.07) is 0. The van der Waals surface area contributed by atoms with Gasteiger partial charge in [-0.2, -0.15) is 5.10 Å². The lowest BCUT2D eigenvalue weighted by Gasteiger charge is -2.04. The van der Waals surface area contributed by atoms with Crippen molar-refractivity contribution >= 4 is 27.5 Å². The number of halogens is 2. The number of alkyl halides is 1. The summed E-state index contributed by atoms with van der Waals surface area (Å²) in [6.45, 7) is 6.04. The largest absolute Gasteiger partial charge is 0.378 e. The Balaban J connectivity index is 2.47. The minimum absolute atomic E-state index is 0.542. The van der Waals surface area contributed by atoms with Crippen molar-refractivity contribution in [1.82, 2.24) is 9.78 Å². The average molecular weight is 282 g/mol. The molecule has 0 saturated carbocycles. The molecule has 0 fully saturated rings. The second-order valence-corrected chi connectivity index (χ2v) is 4.18. The summed E-state index contributed by atoms with van der Waals surface area (Å²) in [4.78, 5) is 0. The SMILES string of the molecule is Cc1nn(CCOCCCl)c(C)c1Br. The Labute approximate surface area is 97.5 Å². The minimum Gasteiger partial charge on any atom is -0.378 e. The van der Waals surface area contributed by atoms with Crippen LogP contribution in [0.1, 0.15) is 11.4 Å². The van der Waals surface area contributed by atoms with Gasteiger partial charge in [-0.1, -0.05) is 0 Å². The first-order chi connectivity index (χ1) is 6.66. The van der Waals surface area contributed by atoms with E-state index in [0.717, 1.165) is 22.4 Å². The molecule has 3 nitrogen and oxygen atoms in total. The van der Waals surface area contributed by atoms with Crippen molar-refractivity contribution in [2.45, 2.75) is 20.4 Å². The van der Waals surface area contributed by atoms with E-state index in [1.807, 2.05) is 18.5 Å². The van der Waals surface area contributed by atoms with Crippen LogP contribution < -0.4 is 0 Å². The van der Waals surface area contributed by atoms with E-state index >= 15 is 0 Å². The number of nitrogens with zero attached hydrogens (tertiary/aromatic N) is 2. The van der Waals surface area contributed by atoms with E-state index < -0.39 is 0 Å². The maximum Gasteiger partial charge on any atom is 0.0738 e. The second-order valence-electron chi connectivity index (χ2n) is 3.01. The fourth-order valence-electron chi connectivity index (χ4n) is 1.20. The summed E-state index contributed by atoms with van der Waals surface area (Å²) in [5, 5.41) is 4.36. The number of rotatable bonds is 5. The van der Waals surface area contributed by atoms with E-state index in [2.05, 4.69) is 21.0 Å². The highest BCUT2D eigenvalue weighted by molar-refractivity contribution is 9.10. The van der Waals surface area contributed by atoms with Gasteiger partial charge in [-0.05, 0) is 29.8 Å². The van der Waals surface area contributed by atoms with Gasteiger partial charge in [0.1, 0.15) is 0 Å². The van der Waals surface area contributed by atoms with Crippen molar-refractivity contribution in [3.8, 4) is 0 Å². The lowest BCUT2D eigenvalue weighted by molar-refractivity contribution is 0.137. The van der Waals surface area contributed by atoms with Gasteiger partial charge in [-0.3, -0.25) is 4.68 Å². The Hall–Kier alpha value is -0.0600. The first kappa shape index (κ1) is 12.0. The number of aromatic nitrogens is 2. The lowest BCUT2D eigenvalue weighted by atomic mass is 10.4. The van der Waals surface area contributed by atoms with Crippen LogP contribution in [0.4, 0.5) is 0 Å². The molecule has 0 aliphatic rings. The van der Waals surface area contributed by atoms with Crippen LogP contribution in [-0.4, -0.2) is 28.9 Å². The number of aryl methyl sites for hydroxylation is 1. The van der Waals surface area contributed by atoms with Crippen LogP contribution in [0.25, 0.3) is 0 Å². The Morgan fingerprint density at radius 1 is 1.43 bits per heavy atom. The van der Waals surface area contributed by atoms with Gasteiger partial charge < -0.3 is 4.74 Å². The van der Waals surface area contributed by atoms with Gasteiger partial charge >= 0.3 is 0 Å². The van der Waals surface area contributed by atoms with Gasteiger partial charge in [-0.25, -0.2) is 0 Å². The molecule has 0 aliphatic heterocycles. The van der Waals surface area contributed by atoms with Crippen molar-refractivity contribution in [3.05, 3.63) is 15.9 Å². The van der Waals surface area contributed by atoms with Crippen molar-refractivity contribution in [1.29, 1.82) is 0 Å². The van der Waals surface area contributed by atoms with E-state index in [1.54, 1.807) is 0 Å². The molecule has 5 heteroatoms. The Bertz CT molecular complexity index is 301. The first-order valence-electron chi connectivity index (χ1n) is 4.50. The predicted octanol–water partition coefficient (Wildman–Crippen LogP) is 2.52. The van der Waals surface area contributed by atoms with Crippen LogP contribution in [-0.2, 0) is 11.3 Å². The molecular formula is C9H14BrClN2O. The van der Waals surface area contributed by atoms with E-state index in [1.165, 1.54) is 0 Å². The fraction of sp³-hybridized carbons (Fsp3) is 0.667. The molecule has 0 spiro atoms. The summed E-state index contributed by atoms with van der Waals surface area (Å²) in [5.41, 5.74) is 2.15. The maximum absolute atomic E-state index is 5.49. The topological polar surface area (TPSA) is 27.1 Å². The summed E-state index contributed by atoms with van der Waals surface area (Å²) in [6.07, 6.45) is 0. The van der Waals surface area contributed by atoms with E-state index in [-0.39, 0.29) is 0 Å². The van der Waals surface area contributed by atoms with Gasteiger partial charge in [0.15, 0.2) is 0 Å². The van der Waals surface area contributed by atoms with Gasteiger partial charge in [0.25, 0.3) is 0 Å². The zero-order valence-electron chi connectivity index (χ0n) is 8.39. The molecule has 0 radical (unpaired) electrons. The number of ether oxygens (including phenoxy) is 1. The third-order valence-electron chi connectivity index (χ3n) is 1.96. The molecule has 0 atom stereocenters. The number of hydrogen-bond acceptors (Lipinski definition) is 2. The molecular weight excluding hydrogens is 267 g/mol. The molecule has 1 aromatic heterocycles. The molecule has 0 saturated heterocycles. The highest BCUT2D eigenvalue weighted by Crippen LogP contribution is 2.19. The molecule has 14 heavy (non-hydrogen) atoms. The summed E-state index contributed by atoms with van der Waals surface area (Å²) < 4.78 is 8.30. The zero-order chi connectivity index (χ0) is 10.6. The Morgan fingerprint density at radius 2 is 2.14 bits per heavy atom. The highest BCUT2D eigenvalue weighted by atomic mass is 79.9. The standard InChI is InChI=1S/C9H14BrClN2O/c1-7-9(10)8(2)13(12-7)4-6-14-5-3-11/h3-6H2,1-2H3. The number of hydrogen-bond donors (Lipinski definition) is 0. The van der Waals surface area contributed by atoms with E-state index in [9.17, 15) is 0 Å². The zero-order valence-corrected chi connectivity index (χ0v) is 10.7. The average Bonchev–Trinajstić information content (AvgIpc) is 2.41. The molecule has 0 bridgehead atoms. The smallest absolute Gasteiger partial charge is 0.0738 e. The van der Waals surface area contributed by atoms with Crippen molar-refractivity contribution in [2.75, 3.05) is 19.1 Å². The van der Waals surface area contributed by atoms with Crippen molar-refractivity contribution in [3.63, 3.8) is 0 Å². The van der Waals surface area contributed by atoms with Crippen molar-refractivity contribution < 1.29 is 4.74 Å². The Morgan fingerprint density at radius 3 is 2.64 bits per heavy atom. The molecule has 0 unspecified atom stereocenters. The lowest BCUT2D eigenvalue weighted by Crippen LogP contribution is -2.10. The Kier molecular flexibility index (Phi) is 4.92. The molecule has 1 heterocycles. The molecule has 0 amide bonds. The van der Waals surface area contributed by atoms with E-state index in [0.29, 0.717) is 19.1 Å². The quantitative estimate of drug-likeness (QED) is 0.612. The monoisotopic (exact) mass is 280 g/mol. The molecule has 1 rings (SSSR count). The van der Waals surface area contributed by atoms with Gasteiger partial charge in [0.2, 0.25) is 0 Å². The van der Waals surface area contributed by atoms with Crippen LogP contribution in [0, 0.1) is 13.8 Å². The first-order valence-corrected chi connectivity index (χ1v) is 5.82. The molecule has 1 aromatic rings. The molecule has 0 aromatic carbocycles. The normalized spacial score (nSPS) is 10.9. The molecule has 0 aliphatic carbocycles. The third-order valence-corrected chi connectivity index (χ3v) is 3.26. The summed E-state index contributed by atoms with van der Waals surface area (Å²) in [7, 11) is 0. The van der Waals surface area contributed by atoms with Crippen LogP contribution >= 0.6 is 27.5 Å². The van der Waals surface area contributed by atoms with Crippen LogP contribution in [0.15, 0.2) is 4.47 Å². The van der Waals surface area contributed by atoms with Gasteiger partial charge in [0.05, 0.1) is 29.9 Å². The van der Waals surface area contributed by atoms with Gasteiger partial charge in [-0.15, -0.1) is 11.6 Å². The van der Waals surface area contributed by atoms with Crippen molar-refractivity contribution in [2.24, 2.45) is 0 Å². The van der Waals surface area contributed by atoms with Crippen LogP contribution in [0.2, 0.25) is 0 Å². The van der Waals surface area contributed by atoms with Crippen LogP contribution in [0.5, 0.6) is 0 Å². The molecule has 80 valence electrons. The maximum atomic E-state index is 5.49. The second kappa shape index (κ2) is 5.73.